The van der Waals surface area contributed by atoms with Gasteiger partial charge in [-0.25, -0.2) is 4.39 Å². The maximum absolute atomic E-state index is 14.3. The summed E-state index contributed by atoms with van der Waals surface area (Å²) in [4.78, 5) is 0. The highest BCUT2D eigenvalue weighted by molar-refractivity contribution is 5.42. The topological polar surface area (TPSA) is 0 Å². The van der Waals surface area contributed by atoms with Crippen LogP contribution in [0.15, 0.2) is 30.4 Å². The van der Waals surface area contributed by atoms with Gasteiger partial charge in [0, 0.05) is 5.57 Å². The predicted octanol–water partition coefficient (Wildman–Crippen LogP) is 3.68. The summed E-state index contributed by atoms with van der Waals surface area (Å²) < 4.78 is 14.3. The van der Waals surface area contributed by atoms with Gasteiger partial charge in [-0.3, -0.25) is 0 Å². The lowest BCUT2D eigenvalue weighted by molar-refractivity contribution is 0.252. The smallest absolute Gasteiger partial charge is 0.165 e. The Kier molecular flexibility index (Phi) is 3.00. The molecule has 0 heterocycles. The van der Waals surface area contributed by atoms with E-state index in [4.69, 9.17) is 6.42 Å². The van der Waals surface area contributed by atoms with Gasteiger partial charge in [-0.1, -0.05) is 41.8 Å². The normalized spacial score (nSPS) is 14.1. The molecule has 78 valence electrons. The van der Waals surface area contributed by atoms with Crippen LogP contribution in [-0.4, -0.2) is 0 Å². The molecule has 0 aliphatic rings. The molecule has 1 heteroatoms. The van der Waals surface area contributed by atoms with E-state index in [2.05, 4.69) is 12.5 Å². The zero-order valence-corrected chi connectivity index (χ0v) is 9.39. The Balaban J connectivity index is 3.27. The fourth-order valence-electron chi connectivity index (χ4n) is 1.56. The number of halogens is 1. The minimum absolute atomic E-state index is 0.160. The number of hydrogen-bond acceptors (Lipinski definition) is 0. The zero-order chi connectivity index (χ0) is 11.6. The van der Waals surface area contributed by atoms with Crippen molar-refractivity contribution in [3.8, 4) is 12.3 Å². The largest absolute Gasteiger partial charge is 0.233 e. The van der Waals surface area contributed by atoms with Crippen LogP contribution in [-0.2, 0) is 5.67 Å². The summed E-state index contributed by atoms with van der Waals surface area (Å²) in [7, 11) is 0. The van der Waals surface area contributed by atoms with Crippen LogP contribution >= 0.6 is 0 Å². The summed E-state index contributed by atoms with van der Waals surface area (Å²) in [6.07, 6.45) is 5.18. The van der Waals surface area contributed by atoms with E-state index < -0.39 is 5.67 Å². The molecule has 0 N–H and O–H groups in total. The van der Waals surface area contributed by atoms with Crippen molar-refractivity contribution in [3.05, 3.63) is 47.0 Å². The first-order chi connectivity index (χ1) is 6.87. The molecular weight excluding hydrogens is 187 g/mol. The van der Waals surface area contributed by atoms with Gasteiger partial charge in [-0.2, -0.15) is 0 Å². The van der Waals surface area contributed by atoms with Crippen LogP contribution in [0.25, 0.3) is 0 Å². The van der Waals surface area contributed by atoms with Gasteiger partial charge in [0.2, 0.25) is 0 Å². The molecule has 0 radical (unpaired) electrons. The maximum atomic E-state index is 14.3. The van der Waals surface area contributed by atoms with Crippen molar-refractivity contribution in [3.63, 3.8) is 0 Å². The van der Waals surface area contributed by atoms with E-state index in [0.717, 1.165) is 11.1 Å². The third kappa shape index (κ3) is 2.27. The lowest BCUT2D eigenvalue weighted by atomic mass is 9.89. The number of alkyl halides is 1. The lowest BCUT2D eigenvalue weighted by Crippen LogP contribution is -2.17. The maximum Gasteiger partial charge on any atom is 0.165 e. The molecule has 1 unspecified atom stereocenters. The van der Waals surface area contributed by atoms with Crippen molar-refractivity contribution in [2.24, 2.45) is 0 Å². The minimum Gasteiger partial charge on any atom is -0.233 e. The van der Waals surface area contributed by atoms with Crippen LogP contribution in [0.5, 0.6) is 0 Å². The van der Waals surface area contributed by atoms with Crippen LogP contribution in [0.1, 0.15) is 23.6 Å². The second kappa shape index (κ2) is 3.90. The van der Waals surface area contributed by atoms with Gasteiger partial charge in [0.05, 0.1) is 0 Å². The van der Waals surface area contributed by atoms with Crippen molar-refractivity contribution in [1.29, 1.82) is 0 Å². The zero-order valence-electron chi connectivity index (χ0n) is 9.39. The van der Waals surface area contributed by atoms with Gasteiger partial charge in [-0.15, -0.1) is 6.42 Å². The molecule has 0 spiro atoms. The van der Waals surface area contributed by atoms with E-state index in [0.29, 0.717) is 5.56 Å². The van der Waals surface area contributed by atoms with Gasteiger partial charge in [0.15, 0.2) is 5.67 Å². The summed E-state index contributed by atoms with van der Waals surface area (Å²) in [5.41, 5.74) is 1.14. The average Bonchev–Trinajstić information content (AvgIpc) is 2.15. The molecule has 0 saturated carbocycles. The van der Waals surface area contributed by atoms with E-state index in [1.54, 1.807) is 12.1 Å². The quantitative estimate of drug-likeness (QED) is 0.642. The Labute approximate surface area is 90.8 Å². The Hall–Kier alpha value is -1.55. The van der Waals surface area contributed by atoms with Gasteiger partial charge in [0.25, 0.3) is 0 Å². The average molecular weight is 202 g/mol. The summed E-state index contributed by atoms with van der Waals surface area (Å²) in [5, 5.41) is 0. The summed E-state index contributed by atoms with van der Waals surface area (Å²) >= 11 is 0. The molecule has 0 bridgehead atoms. The highest BCUT2D eigenvalue weighted by Crippen LogP contribution is 2.33. The monoisotopic (exact) mass is 202 g/mol. The van der Waals surface area contributed by atoms with Crippen LogP contribution in [0.2, 0.25) is 0 Å². The molecule has 1 aromatic carbocycles. The van der Waals surface area contributed by atoms with Crippen molar-refractivity contribution >= 4 is 0 Å². The van der Waals surface area contributed by atoms with Gasteiger partial charge < -0.3 is 0 Å². The molecule has 0 aliphatic carbocycles. The molecule has 1 aromatic rings. The minimum atomic E-state index is -1.65. The predicted molar refractivity (Wildman–Crippen MR) is 62.3 cm³/mol. The highest BCUT2D eigenvalue weighted by atomic mass is 19.1. The lowest BCUT2D eigenvalue weighted by Gasteiger charge is -2.21. The van der Waals surface area contributed by atoms with E-state index in [-0.39, 0.29) is 5.57 Å². The van der Waals surface area contributed by atoms with Crippen molar-refractivity contribution in [2.45, 2.75) is 26.4 Å². The van der Waals surface area contributed by atoms with Crippen molar-refractivity contribution in [2.75, 3.05) is 0 Å². The fraction of sp³-hybridized carbons (Fsp3) is 0.286. The van der Waals surface area contributed by atoms with E-state index in [9.17, 15) is 4.39 Å². The van der Waals surface area contributed by atoms with Crippen LogP contribution in [0.3, 0.4) is 0 Å². The molecule has 0 aliphatic heterocycles. The van der Waals surface area contributed by atoms with Crippen molar-refractivity contribution in [1.82, 2.24) is 0 Å². The summed E-state index contributed by atoms with van der Waals surface area (Å²) in [6.45, 7) is 8.89. The Morgan fingerprint density at radius 1 is 1.33 bits per heavy atom. The second-order valence-corrected chi connectivity index (χ2v) is 4.00. The number of rotatable bonds is 2. The van der Waals surface area contributed by atoms with Gasteiger partial charge in [0.1, 0.15) is 0 Å². The van der Waals surface area contributed by atoms with Crippen LogP contribution < -0.4 is 0 Å². The molecule has 1 rings (SSSR count). The number of benzene rings is 1. The van der Waals surface area contributed by atoms with Crippen molar-refractivity contribution < 1.29 is 4.39 Å². The molecule has 0 amide bonds. The SMILES string of the molecule is C#CC(=C)C(C)(F)c1cc(C)cc(C)c1. The Morgan fingerprint density at radius 3 is 2.20 bits per heavy atom. The molecule has 0 nitrogen and oxygen atoms in total. The number of terminal acetylenes is 1. The van der Waals surface area contributed by atoms with Crippen LogP contribution in [0.4, 0.5) is 4.39 Å². The first-order valence-electron chi connectivity index (χ1n) is 4.81. The first kappa shape index (κ1) is 11.5. The number of aryl methyl sites for hydroxylation is 2. The molecular formula is C14H15F. The summed E-state index contributed by atoms with van der Waals surface area (Å²) in [6, 6.07) is 5.60. The van der Waals surface area contributed by atoms with Crippen LogP contribution in [0, 0.1) is 26.2 Å². The van der Waals surface area contributed by atoms with E-state index in [1.807, 2.05) is 19.9 Å². The van der Waals surface area contributed by atoms with E-state index >= 15 is 0 Å². The third-order valence-electron chi connectivity index (χ3n) is 2.50. The fourth-order valence-corrected chi connectivity index (χ4v) is 1.56. The van der Waals surface area contributed by atoms with E-state index in [1.165, 1.54) is 6.92 Å². The Morgan fingerprint density at radius 2 is 1.80 bits per heavy atom. The number of hydrogen-bond donors (Lipinski definition) is 0. The first-order valence-corrected chi connectivity index (χ1v) is 4.81. The third-order valence-corrected chi connectivity index (χ3v) is 2.50. The Bertz CT molecular complexity index is 413. The van der Waals surface area contributed by atoms with Gasteiger partial charge in [-0.05, 0) is 26.3 Å². The van der Waals surface area contributed by atoms with Gasteiger partial charge >= 0.3 is 0 Å². The highest BCUT2D eigenvalue weighted by Gasteiger charge is 2.28. The molecule has 0 aromatic heterocycles. The molecule has 15 heavy (non-hydrogen) atoms. The number of allylic oxidation sites excluding steroid dienone is 1. The molecule has 1 atom stereocenters. The standard InChI is InChI=1S/C14H15F/c1-6-12(4)14(5,15)13-8-10(2)7-11(3)9-13/h1,7-9H,4H2,2-3,5H3. The summed E-state index contributed by atoms with van der Waals surface area (Å²) in [5.74, 6) is 2.27. The molecule has 0 fully saturated rings. The second-order valence-electron chi connectivity index (χ2n) is 4.00. The molecule has 0 saturated heterocycles.